The standard InChI is InChI=1S/C17H22N2O3/c20-16(21)15-11-19(10-14(15)13-6-7-13)17(22)18-9-8-12-4-2-1-3-5-12/h1-5,13-15H,6-11H2,(H,18,22)(H,20,21)/t14-,15+/m0/s1. The molecule has 2 fully saturated rings. The summed E-state index contributed by atoms with van der Waals surface area (Å²) in [7, 11) is 0. The maximum Gasteiger partial charge on any atom is 0.317 e. The lowest BCUT2D eigenvalue weighted by Gasteiger charge is -2.17. The van der Waals surface area contributed by atoms with Crippen LogP contribution >= 0.6 is 0 Å². The van der Waals surface area contributed by atoms with Crippen LogP contribution in [0.15, 0.2) is 30.3 Å². The molecule has 0 bridgehead atoms. The van der Waals surface area contributed by atoms with Crippen LogP contribution in [0, 0.1) is 17.8 Å². The molecule has 0 unspecified atom stereocenters. The van der Waals surface area contributed by atoms with Crippen molar-refractivity contribution in [3.63, 3.8) is 0 Å². The van der Waals surface area contributed by atoms with Gasteiger partial charge >= 0.3 is 12.0 Å². The SMILES string of the molecule is O=C(O)[C@@H]1CN(C(=O)NCCc2ccccc2)C[C@H]1C1CC1. The fourth-order valence-electron chi connectivity index (χ4n) is 3.33. The van der Waals surface area contributed by atoms with Gasteiger partial charge in [-0.1, -0.05) is 30.3 Å². The summed E-state index contributed by atoms with van der Waals surface area (Å²) < 4.78 is 0. The topological polar surface area (TPSA) is 69.6 Å². The Balaban J connectivity index is 1.49. The van der Waals surface area contributed by atoms with Gasteiger partial charge in [-0.15, -0.1) is 0 Å². The van der Waals surface area contributed by atoms with Gasteiger partial charge in [-0.3, -0.25) is 4.79 Å². The van der Waals surface area contributed by atoms with Gasteiger partial charge < -0.3 is 15.3 Å². The average molecular weight is 302 g/mol. The quantitative estimate of drug-likeness (QED) is 0.874. The minimum absolute atomic E-state index is 0.134. The van der Waals surface area contributed by atoms with Crippen LogP contribution in [0.1, 0.15) is 18.4 Å². The Morgan fingerprint density at radius 2 is 1.91 bits per heavy atom. The first-order chi connectivity index (χ1) is 10.6. The van der Waals surface area contributed by atoms with E-state index in [1.165, 1.54) is 5.56 Å². The highest BCUT2D eigenvalue weighted by atomic mass is 16.4. The fourth-order valence-corrected chi connectivity index (χ4v) is 3.33. The van der Waals surface area contributed by atoms with Crippen molar-refractivity contribution in [2.24, 2.45) is 17.8 Å². The van der Waals surface area contributed by atoms with E-state index in [4.69, 9.17) is 0 Å². The van der Waals surface area contributed by atoms with Crippen molar-refractivity contribution < 1.29 is 14.7 Å². The molecule has 2 amide bonds. The maximum absolute atomic E-state index is 12.2. The molecule has 1 aliphatic carbocycles. The zero-order valence-electron chi connectivity index (χ0n) is 12.6. The van der Waals surface area contributed by atoms with Gasteiger partial charge in [0.15, 0.2) is 0 Å². The van der Waals surface area contributed by atoms with Gasteiger partial charge in [-0.05, 0) is 36.7 Å². The summed E-state index contributed by atoms with van der Waals surface area (Å²) in [5, 5.41) is 12.2. The normalized spacial score (nSPS) is 24.3. The van der Waals surface area contributed by atoms with Crippen LogP contribution in [0.3, 0.4) is 0 Å². The zero-order valence-corrected chi connectivity index (χ0v) is 12.6. The number of likely N-dealkylation sites (tertiary alicyclic amines) is 1. The van der Waals surface area contributed by atoms with Gasteiger partial charge in [0, 0.05) is 19.6 Å². The van der Waals surface area contributed by atoms with Crippen molar-refractivity contribution >= 4 is 12.0 Å². The van der Waals surface area contributed by atoms with E-state index >= 15 is 0 Å². The first-order valence-corrected chi connectivity index (χ1v) is 7.94. The number of hydrogen-bond acceptors (Lipinski definition) is 2. The summed E-state index contributed by atoms with van der Waals surface area (Å²) in [6.45, 7) is 1.50. The van der Waals surface area contributed by atoms with E-state index in [0.717, 1.165) is 19.3 Å². The minimum Gasteiger partial charge on any atom is -0.481 e. The van der Waals surface area contributed by atoms with Crippen molar-refractivity contribution in [2.75, 3.05) is 19.6 Å². The number of carbonyl (C=O) groups is 2. The number of rotatable bonds is 5. The monoisotopic (exact) mass is 302 g/mol. The van der Waals surface area contributed by atoms with Crippen LogP contribution < -0.4 is 5.32 Å². The number of urea groups is 1. The zero-order chi connectivity index (χ0) is 15.5. The lowest BCUT2D eigenvalue weighted by atomic mass is 9.92. The smallest absolute Gasteiger partial charge is 0.317 e. The molecule has 5 heteroatoms. The van der Waals surface area contributed by atoms with Gasteiger partial charge in [0.25, 0.3) is 0 Å². The van der Waals surface area contributed by atoms with E-state index in [1.807, 2.05) is 30.3 Å². The van der Waals surface area contributed by atoms with Crippen LogP contribution in [-0.2, 0) is 11.2 Å². The highest BCUT2D eigenvalue weighted by molar-refractivity contribution is 5.77. The molecule has 22 heavy (non-hydrogen) atoms. The Morgan fingerprint density at radius 1 is 1.18 bits per heavy atom. The van der Waals surface area contributed by atoms with E-state index in [1.54, 1.807) is 4.90 Å². The molecule has 1 saturated heterocycles. The molecule has 0 spiro atoms. The number of hydrogen-bond donors (Lipinski definition) is 2. The van der Waals surface area contributed by atoms with Crippen molar-refractivity contribution in [2.45, 2.75) is 19.3 Å². The van der Waals surface area contributed by atoms with Crippen molar-refractivity contribution in [1.29, 1.82) is 0 Å². The predicted octanol–water partition coefficient (Wildman–Crippen LogP) is 1.98. The molecule has 3 rings (SSSR count). The van der Waals surface area contributed by atoms with E-state index in [9.17, 15) is 14.7 Å². The highest BCUT2D eigenvalue weighted by Gasteiger charge is 2.46. The molecular weight excluding hydrogens is 280 g/mol. The molecule has 0 radical (unpaired) electrons. The molecule has 1 aromatic rings. The van der Waals surface area contributed by atoms with Gasteiger partial charge in [0.05, 0.1) is 5.92 Å². The van der Waals surface area contributed by atoms with E-state index in [0.29, 0.717) is 25.6 Å². The Labute approximate surface area is 130 Å². The molecule has 2 N–H and O–H groups in total. The molecule has 118 valence electrons. The Kier molecular flexibility index (Phi) is 4.32. The molecule has 1 aromatic carbocycles. The summed E-state index contributed by atoms with van der Waals surface area (Å²) >= 11 is 0. The summed E-state index contributed by atoms with van der Waals surface area (Å²) in [6.07, 6.45) is 3.00. The summed E-state index contributed by atoms with van der Waals surface area (Å²) in [6, 6.07) is 9.86. The maximum atomic E-state index is 12.2. The van der Waals surface area contributed by atoms with Crippen LogP contribution in [0.4, 0.5) is 4.79 Å². The van der Waals surface area contributed by atoms with E-state index in [2.05, 4.69) is 5.32 Å². The van der Waals surface area contributed by atoms with Crippen molar-refractivity contribution in [1.82, 2.24) is 10.2 Å². The molecule has 1 saturated carbocycles. The summed E-state index contributed by atoms with van der Waals surface area (Å²) in [5.74, 6) is -0.524. The lowest BCUT2D eigenvalue weighted by Crippen LogP contribution is -2.39. The summed E-state index contributed by atoms with van der Waals surface area (Å²) in [5.41, 5.74) is 1.18. The Bertz CT molecular complexity index is 542. The molecular formula is C17H22N2O3. The number of aliphatic carboxylic acids is 1. The van der Waals surface area contributed by atoms with E-state index in [-0.39, 0.29) is 11.9 Å². The van der Waals surface area contributed by atoms with Gasteiger partial charge in [0.1, 0.15) is 0 Å². The van der Waals surface area contributed by atoms with Crippen molar-refractivity contribution in [3.8, 4) is 0 Å². The van der Waals surface area contributed by atoms with E-state index < -0.39 is 11.9 Å². The van der Waals surface area contributed by atoms with Crippen LogP contribution in [0.5, 0.6) is 0 Å². The minimum atomic E-state index is -0.767. The average Bonchev–Trinajstić information content (AvgIpc) is 3.26. The van der Waals surface area contributed by atoms with Gasteiger partial charge in [-0.25, -0.2) is 4.79 Å². The highest BCUT2D eigenvalue weighted by Crippen LogP contribution is 2.44. The first-order valence-electron chi connectivity index (χ1n) is 7.94. The van der Waals surface area contributed by atoms with Gasteiger partial charge in [-0.2, -0.15) is 0 Å². The lowest BCUT2D eigenvalue weighted by molar-refractivity contribution is -0.142. The first kappa shape index (κ1) is 14.9. The molecule has 0 aromatic heterocycles. The Morgan fingerprint density at radius 3 is 2.55 bits per heavy atom. The molecule has 1 aliphatic heterocycles. The third kappa shape index (κ3) is 3.40. The molecule has 5 nitrogen and oxygen atoms in total. The second kappa shape index (κ2) is 6.38. The van der Waals surface area contributed by atoms with Crippen LogP contribution in [0.25, 0.3) is 0 Å². The Hall–Kier alpha value is -2.04. The molecule has 2 atom stereocenters. The van der Waals surface area contributed by atoms with Crippen molar-refractivity contribution in [3.05, 3.63) is 35.9 Å². The number of carboxylic acid groups (broad SMARTS) is 1. The number of amides is 2. The summed E-state index contributed by atoms with van der Waals surface area (Å²) in [4.78, 5) is 25.2. The number of carboxylic acids is 1. The second-order valence-electron chi connectivity index (χ2n) is 6.32. The third-order valence-electron chi connectivity index (χ3n) is 4.73. The van der Waals surface area contributed by atoms with Gasteiger partial charge in [0.2, 0.25) is 0 Å². The number of nitrogens with zero attached hydrogens (tertiary/aromatic N) is 1. The fraction of sp³-hybridized carbons (Fsp3) is 0.529. The predicted molar refractivity (Wildman–Crippen MR) is 82.5 cm³/mol. The van der Waals surface area contributed by atoms with Crippen LogP contribution in [0.2, 0.25) is 0 Å². The number of carbonyl (C=O) groups excluding carboxylic acids is 1. The molecule has 2 aliphatic rings. The van der Waals surface area contributed by atoms with Crippen LogP contribution in [-0.4, -0.2) is 41.6 Å². The number of nitrogens with one attached hydrogen (secondary N) is 1. The molecule has 1 heterocycles. The number of benzene rings is 1. The third-order valence-corrected chi connectivity index (χ3v) is 4.73. The largest absolute Gasteiger partial charge is 0.481 e. The second-order valence-corrected chi connectivity index (χ2v) is 6.32.